The quantitative estimate of drug-likeness (QED) is 0.850. The fraction of sp³-hybridized carbons (Fsp3) is 0.667. The maximum atomic E-state index is 11.8. The van der Waals surface area contributed by atoms with Crippen molar-refractivity contribution in [3.05, 3.63) is 17.5 Å². The Morgan fingerprint density at radius 3 is 2.89 bits per heavy atom. The molecule has 1 heterocycles. The summed E-state index contributed by atoms with van der Waals surface area (Å²) in [5, 5.41) is 7.05. The van der Waals surface area contributed by atoms with E-state index in [1.165, 1.54) is 12.8 Å². The molecule has 102 valence electrons. The van der Waals surface area contributed by atoms with E-state index in [9.17, 15) is 4.79 Å². The van der Waals surface area contributed by atoms with Gasteiger partial charge in [-0.05, 0) is 32.2 Å². The summed E-state index contributed by atoms with van der Waals surface area (Å²) < 4.78 is 4.96. The molecule has 1 N–H and O–H groups in total. The molecule has 1 amide bonds. The van der Waals surface area contributed by atoms with Gasteiger partial charge in [-0.2, -0.15) is 0 Å². The standard InChI is InChI=1S/C12H19N3O2.ClH/c1-9-5-11(14-17-9)8-15(2)12(16)7-13-6-10-3-4-10;/h5,10,13H,3-4,6-8H2,1-2H3;1H. The van der Waals surface area contributed by atoms with Gasteiger partial charge in [0.1, 0.15) is 11.5 Å². The predicted molar refractivity (Wildman–Crippen MR) is 70.6 cm³/mol. The second kappa shape index (κ2) is 6.75. The van der Waals surface area contributed by atoms with Crippen molar-refractivity contribution in [2.24, 2.45) is 5.92 Å². The summed E-state index contributed by atoms with van der Waals surface area (Å²) in [5.41, 5.74) is 0.792. The summed E-state index contributed by atoms with van der Waals surface area (Å²) in [6, 6.07) is 1.85. The average molecular weight is 274 g/mol. The van der Waals surface area contributed by atoms with Crippen molar-refractivity contribution in [3.63, 3.8) is 0 Å². The van der Waals surface area contributed by atoms with Crippen LogP contribution in [-0.4, -0.2) is 36.1 Å². The molecule has 0 radical (unpaired) electrons. The third-order valence-corrected chi connectivity index (χ3v) is 2.91. The van der Waals surface area contributed by atoms with Gasteiger partial charge in [0.15, 0.2) is 0 Å². The first-order valence-corrected chi connectivity index (χ1v) is 6.02. The molecule has 0 spiro atoms. The van der Waals surface area contributed by atoms with Gasteiger partial charge in [0.05, 0.1) is 13.1 Å². The Hall–Kier alpha value is -1.07. The van der Waals surface area contributed by atoms with E-state index in [4.69, 9.17) is 4.52 Å². The molecule has 1 aromatic heterocycles. The SMILES string of the molecule is Cc1cc(CN(C)C(=O)CNCC2CC2)no1.Cl. The number of nitrogens with zero attached hydrogens (tertiary/aromatic N) is 2. The van der Waals surface area contributed by atoms with E-state index in [2.05, 4.69) is 10.5 Å². The molecule has 1 aromatic rings. The molecule has 2 rings (SSSR count). The molecule has 1 saturated carbocycles. The first-order chi connectivity index (χ1) is 8.15. The topological polar surface area (TPSA) is 58.4 Å². The lowest BCUT2D eigenvalue weighted by molar-refractivity contribution is -0.129. The number of hydrogen-bond donors (Lipinski definition) is 1. The number of nitrogens with one attached hydrogen (secondary N) is 1. The molecule has 0 atom stereocenters. The number of hydrogen-bond acceptors (Lipinski definition) is 4. The minimum atomic E-state index is 0. The van der Waals surface area contributed by atoms with Gasteiger partial charge in [0.25, 0.3) is 0 Å². The second-order valence-electron chi connectivity index (χ2n) is 4.75. The fourth-order valence-corrected chi connectivity index (χ4v) is 1.66. The molecule has 6 heteroatoms. The normalized spacial score (nSPS) is 14.1. The number of aromatic nitrogens is 1. The van der Waals surface area contributed by atoms with Crippen LogP contribution in [0.1, 0.15) is 24.3 Å². The Balaban J connectivity index is 0.00000162. The van der Waals surface area contributed by atoms with Gasteiger partial charge in [-0.25, -0.2) is 0 Å². The van der Waals surface area contributed by atoms with Gasteiger partial charge in [0.2, 0.25) is 5.91 Å². The van der Waals surface area contributed by atoms with E-state index in [1.54, 1.807) is 11.9 Å². The van der Waals surface area contributed by atoms with Crippen LogP contribution in [0.25, 0.3) is 0 Å². The number of likely N-dealkylation sites (N-methyl/N-ethyl adjacent to an activating group) is 1. The van der Waals surface area contributed by atoms with Crippen molar-refractivity contribution in [2.45, 2.75) is 26.3 Å². The first kappa shape index (κ1) is 15.0. The van der Waals surface area contributed by atoms with Crippen LogP contribution < -0.4 is 5.32 Å². The van der Waals surface area contributed by atoms with E-state index in [0.717, 1.165) is 23.9 Å². The molecule has 1 aliphatic rings. The van der Waals surface area contributed by atoms with Crippen molar-refractivity contribution >= 4 is 18.3 Å². The Kier molecular flexibility index (Phi) is 5.62. The summed E-state index contributed by atoms with van der Waals surface area (Å²) in [6.45, 7) is 3.71. The lowest BCUT2D eigenvalue weighted by atomic mass is 10.3. The zero-order valence-electron chi connectivity index (χ0n) is 10.8. The van der Waals surface area contributed by atoms with Crippen LogP contribution in [0.5, 0.6) is 0 Å². The molecule has 5 nitrogen and oxygen atoms in total. The van der Waals surface area contributed by atoms with Gasteiger partial charge < -0.3 is 14.7 Å². The van der Waals surface area contributed by atoms with Gasteiger partial charge >= 0.3 is 0 Å². The molecule has 1 aliphatic carbocycles. The van der Waals surface area contributed by atoms with E-state index < -0.39 is 0 Å². The number of halogens is 1. The summed E-state index contributed by atoms with van der Waals surface area (Å²) in [6.07, 6.45) is 2.60. The zero-order valence-corrected chi connectivity index (χ0v) is 11.6. The van der Waals surface area contributed by atoms with Gasteiger partial charge in [-0.3, -0.25) is 4.79 Å². The summed E-state index contributed by atoms with van der Waals surface area (Å²) in [5.74, 6) is 1.66. The van der Waals surface area contributed by atoms with Crippen LogP contribution >= 0.6 is 12.4 Å². The van der Waals surface area contributed by atoms with Crippen molar-refractivity contribution in [1.29, 1.82) is 0 Å². The molecule has 0 saturated heterocycles. The van der Waals surface area contributed by atoms with Crippen molar-refractivity contribution in [1.82, 2.24) is 15.4 Å². The molecule has 0 unspecified atom stereocenters. The highest BCUT2D eigenvalue weighted by molar-refractivity contribution is 5.85. The molecule has 1 fully saturated rings. The highest BCUT2D eigenvalue weighted by Crippen LogP contribution is 2.27. The minimum Gasteiger partial charge on any atom is -0.361 e. The highest BCUT2D eigenvalue weighted by Gasteiger charge is 2.21. The number of amides is 1. The third-order valence-electron chi connectivity index (χ3n) is 2.91. The maximum absolute atomic E-state index is 11.8. The first-order valence-electron chi connectivity index (χ1n) is 6.02. The smallest absolute Gasteiger partial charge is 0.236 e. The predicted octanol–water partition coefficient (Wildman–Crippen LogP) is 1.36. The van der Waals surface area contributed by atoms with E-state index in [0.29, 0.717) is 13.1 Å². The lowest BCUT2D eigenvalue weighted by Crippen LogP contribution is -2.35. The van der Waals surface area contributed by atoms with Crippen LogP contribution in [0.3, 0.4) is 0 Å². The van der Waals surface area contributed by atoms with E-state index in [-0.39, 0.29) is 18.3 Å². The van der Waals surface area contributed by atoms with E-state index in [1.807, 2.05) is 13.0 Å². The van der Waals surface area contributed by atoms with Crippen LogP contribution in [0.4, 0.5) is 0 Å². The maximum Gasteiger partial charge on any atom is 0.236 e. The Labute approximate surface area is 113 Å². The van der Waals surface area contributed by atoms with Crippen LogP contribution in [0, 0.1) is 12.8 Å². The monoisotopic (exact) mass is 273 g/mol. The Morgan fingerprint density at radius 1 is 1.61 bits per heavy atom. The number of rotatable bonds is 6. The molecule has 18 heavy (non-hydrogen) atoms. The highest BCUT2D eigenvalue weighted by atomic mass is 35.5. The Morgan fingerprint density at radius 2 is 2.33 bits per heavy atom. The van der Waals surface area contributed by atoms with Gasteiger partial charge in [-0.15, -0.1) is 12.4 Å². The number of carbonyl (C=O) groups excluding carboxylic acids is 1. The lowest BCUT2D eigenvalue weighted by Gasteiger charge is -2.15. The second-order valence-corrected chi connectivity index (χ2v) is 4.75. The molecular weight excluding hydrogens is 254 g/mol. The van der Waals surface area contributed by atoms with Crippen LogP contribution in [0.15, 0.2) is 10.6 Å². The van der Waals surface area contributed by atoms with Crippen molar-refractivity contribution in [3.8, 4) is 0 Å². The summed E-state index contributed by atoms with van der Waals surface area (Å²) in [4.78, 5) is 13.4. The minimum absolute atomic E-state index is 0. The Bertz CT molecular complexity index is 390. The molecule has 0 aliphatic heterocycles. The fourth-order valence-electron chi connectivity index (χ4n) is 1.66. The van der Waals surface area contributed by atoms with Gasteiger partial charge in [-0.1, -0.05) is 5.16 Å². The van der Waals surface area contributed by atoms with E-state index >= 15 is 0 Å². The third kappa shape index (κ3) is 4.66. The van der Waals surface area contributed by atoms with Crippen LogP contribution in [0.2, 0.25) is 0 Å². The average Bonchev–Trinajstić information content (AvgIpc) is 3.02. The number of carbonyl (C=O) groups is 1. The largest absolute Gasteiger partial charge is 0.361 e. The zero-order chi connectivity index (χ0) is 12.3. The van der Waals surface area contributed by atoms with Crippen LogP contribution in [-0.2, 0) is 11.3 Å². The molecular formula is C12H20ClN3O2. The summed E-state index contributed by atoms with van der Waals surface area (Å²) in [7, 11) is 1.78. The van der Waals surface area contributed by atoms with Gasteiger partial charge in [0, 0.05) is 13.1 Å². The van der Waals surface area contributed by atoms with Crippen molar-refractivity contribution in [2.75, 3.05) is 20.1 Å². The molecule has 0 aromatic carbocycles. The van der Waals surface area contributed by atoms with Crippen molar-refractivity contribution < 1.29 is 9.32 Å². The summed E-state index contributed by atoms with van der Waals surface area (Å²) >= 11 is 0. The molecule has 0 bridgehead atoms. The number of aryl methyl sites for hydroxylation is 1.